The number of hydrogen-bond acceptors (Lipinski definition) is 7. The Morgan fingerprint density at radius 2 is 1.91 bits per heavy atom. The number of nitrogens with zero attached hydrogens (tertiary/aromatic N) is 7. The summed E-state index contributed by atoms with van der Waals surface area (Å²) in [7, 11) is 0. The molecule has 9 nitrogen and oxygen atoms in total. The number of nitrogens with two attached hydrogens (primary N) is 1. The van der Waals surface area contributed by atoms with Gasteiger partial charge in [-0.1, -0.05) is 23.4 Å². The van der Waals surface area contributed by atoms with Gasteiger partial charge in [-0.2, -0.15) is 5.26 Å². The van der Waals surface area contributed by atoms with Gasteiger partial charge >= 0.3 is 0 Å². The highest BCUT2D eigenvalue weighted by atomic mass is 16.1. The second kappa shape index (κ2) is 7.38. The fourth-order valence-electron chi connectivity index (χ4n) is 4.58. The van der Waals surface area contributed by atoms with Crippen LogP contribution in [0.3, 0.4) is 0 Å². The van der Waals surface area contributed by atoms with Crippen LogP contribution in [0, 0.1) is 11.3 Å². The van der Waals surface area contributed by atoms with Gasteiger partial charge in [0, 0.05) is 28.9 Å². The second-order valence-corrected chi connectivity index (χ2v) is 8.48. The highest BCUT2D eigenvalue weighted by Gasteiger charge is 2.26. The molecule has 0 bridgehead atoms. The highest BCUT2D eigenvalue weighted by Crippen LogP contribution is 2.38. The lowest BCUT2D eigenvalue weighted by Gasteiger charge is -2.21. The topological polar surface area (TPSA) is 128 Å². The molecule has 9 heteroatoms. The van der Waals surface area contributed by atoms with Crippen molar-refractivity contribution in [1.82, 2.24) is 29.5 Å². The standard InChI is InChI=1S/C24H20N8O/c25-11-14-3-1-5-18-17(14)8-9-19-21(18)27-24(26)28-22(19)20-13-31(30-29-20)12-15-4-2-10-32(23(15)33)16-6-7-16/h1-5,10,13,16H,6-9,12H2,(H2,26,27,28). The minimum absolute atomic E-state index is 0.0191. The molecule has 1 saturated carbocycles. The van der Waals surface area contributed by atoms with Gasteiger partial charge in [0.25, 0.3) is 5.56 Å². The van der Waals surface area contributed by atoms with Crippen LogP contribution in [-0.4, -0.2) is 29.5 Å². The molecule has 0 atom stereocenters. The normalized spacial score (nSPS) is 14.4. The first-order valence-corrected chi connectivity index (χ1v) is 10.9. The van der Waals surface area contributed by atoms with Gasteiger partial charge in [-0.25, -0.2) is 14.6 Å². The Balaban J connectivity index is 1.38. The van der Waals surface area contributed by atoms with Crippen molar-refractivity contribution in [3.63, 3.8) is 0 Å². The van der Waals surface area contributed by atoms with Crippen molar-refractivity contribution in [2.24, 2.45) is 0 Å². The predicted octanol–water partition coefficient (Wildman–Crippen LogP) is 2.50. The first-order valence-electron chi connectivity index (χ1n) is 10.9. The minimum Gasteiger partial charge on any atom is -0.368 e. The fourth-order valence-corrected chi connectivity index (χ4v) is 4.58. The Morgan fingerprint density at radius 3 is 2.73 bits per heavy atom. The maximum atomic E-state index is 12.8. The zero-order valence-electron chi connectivity index (χ0n) is 17.8. The molecule has 3 aromatic heterocycles. The lowest BCUT2D eigenvalue weighted by Crippen LogP contribution is -2.23. The van der Waals surface area contributed by atoms with E-state index in [9.17, 15) is 10.1 Å². The van der Waals surface area contributed by atoms with Gasteiger partial charge in [-0.3, -0.25) is 4.79 Å². The first-order chi connectivity index (χ1) is 16.1. The molecule has 33 heavy (non-hydrogen) atoms. The maximum Gasteiger partial charge on any atom is 0.255 e. The molecule has 2 N–H and O–H groups in total. The highest BCUT2D eigenvalue weighted by molar-refractivity contribution is 5.78. The lowest BCUT2D eigenvalue weighted by atomic mass is 9.85. The monoisotopic (exact) mass is 436 g/mol. The third kappa shape index (κ3) is 3.27. The largest absolute Gasteiger partial charge is 0.368 e. The van der Waals surface area contributed by atoms with E-state index in [-0.39, 0.29) is 11.5 Å². The number of hydrogen-bond donors (Lipinski definition) is 1. The van der Waals surface area contributed by atoms with Gasteiger partial charge in [0.2, 0.25) is 5.95 Å². The van der Waals surface area contributed by atoms with Crippen molar-refractivity contribution in [1.29, 1.82) is 5.26 Å². The molecule has 0 unspecified atom stereocenters. The third-order valence-corrected chi connectivity index (χ3v) is 6.31. The summed E-state index contributed by atoms with van der Waals surface area (Å²) in [5, 5.41) is 18.0. The van der Waals surface area contributed by atoms with E-state index in [1.54, 1.807) is 10.9 Å². The minimum atomic E-state index is 0.0191. The summed E-state index contributed by atoms with van der Waals surface area (Å²) in [4.78, 5) is 21.7. The molecule has 2 aliphatic carbocycles. The van der Waals surface area contributed by atoms with Crippen LogP contribution in [0.2, 0.25) is 0 Å². The molecule has 0 spiro atoms. The van der Waals surface area contributed by atoms with Crippen LogP contribution in [0.25, 0.3) is 22.6 Å². The number of nitrogen functional groups attached to an aromatic ring is 1. The van der Waals surface area contributed by atoms with Crippen molar-refractivity contribution in [3.05, 3.63) is 75.3 Å². The van der Waals surface area contributed by atoms with Crippen LogP contribution in [0.15, 0.2) is 47.5 Å². The molecule has 3 heterocycles. The van der Waals surface area contributed by atoms with E-state index in [0.717, 1.165) is 35.2 Å². The molecule has 0 aliphatic heterocycles. The number of pyridine rings is 1. The summed E-state index contributed by atoms with van der Waals surface area (Å²) in [5.41, 5.74) is 12.2. The van der Waals surface area contributed by atoms with Gasteiger partial charge in [0.05, 0.1) is 30.1 Å². The van der Waals surface area contributed by atoms with E-state index in [1.807, 2.05) is 41.1 Å². The zero-order valence-corrected chi connectivity index (χ0v) is 17.8. The molecule has 162 valence electrons. The molecule has 2 aliphatic rings. The maximum absolute atomic E-state index is 12.8. The Hall–Kier alpha value is -4.32. The summed E-state index contributed by atoms with van der Waals surface area (Å²) < 4.78 is 3.46. The Morgan fingerprint density at radius 1 is 1.09 bits per heavy atom. The fraction of sp³-hybridized carbons (Fsp3) is 0.250. The lowest BCUT2D eigenvalue weighted by molar-refractivity contribution is 0.627. The summed E-state index contributed by atoms with van der Waals surface area (Å²) in [6.07, 6.45) is 7.13. The van der Waals surface area contributed by atoms with Crippen molar-refractivity contribution in [3.8, 4) is 28.7 Å². The van der Waals surface area contributed by atoms with Crippen LogP contribution in [0.5, 0.6) is 0 Å². The molecule has 0 saturated heterocycles. The number of benzene rings is 1. The summed E-state index contributed by atoms with van der Waals surface area (Å²) in [6.45, 7) is 0.330. The van der Waals surface area contributed by atoms with E-state index >= 15 is 0 Å². The summed E-state index contributed by atoms with van der Waals surface area (Å²) in [5.74, 6) is 0.142. The Labute approximate surface area is 189 Å². The summed E-state index contributed by atoms with van der Waals surface area (Å²) in [6, 6.07) is 12.0. The molecular formula is C24H20N8O. The van der Waals surface area contributed by atoms with Gasteiger partial charge in [0.15, 0.2) is 0 Å². The Kier molecular flexibility index (Phi) is 4.33. The second-order valence-electron chi connectivity index (χ2n) is 8.48. The Bertz CT molecular complexity index is 1510. The molecule has 1 fully saturated rings. The SMILES string of the molecule is N#Cc1cccc2c1CCc1c(-c3cn(Cc4cccn(C5CC5)c4=O)nn3)nc(N)nc1-2. The molecule has 0 amide bonds. The molecule has 0 radical (unpaired) electrons. The van der Waals surface area contributed by atoms with Crippen LogP contribution in [0.4, 0.5) is 5.95 Å². The number of aromatic nitrogens is 6. The van der Waals surface area contributed by atoms with Crippen molar-refractivity contribution in [2.45, 2.75) is 38.3 Å². The molecule has 1 aromatic carbocycles. The number of anilines is 1. The van der Waals surface area contributed by atoms with Crippen LogP contribution < -0.4 is 11.3 Å². The van der Waals surface area contributed by atoms with Crippen LogP contribution >= 0.6 is 0 Å². The zero-order chi connectivity index (χ0) is 22.5. The average molecular weight is 436 g/mol. The van der Waals surface area contributed by atoms with Crippen molar-refractivity contribution >= 4 is 5.95 Å². The van der Waals surface area contributed by atoms with Gasteiger partial charge in [-0.15, -0.1) is 5.10 Å². The van der Waals surface area contributed by atoms with Crippen molar-refractivity contribution in [2.75, 3.05) is 5.73 Å². The van der Waals surface area contributed by atoms with E-state index in [1.165, 1.54) is 0 Å². The van der Waals surface area contributed by atoms with E-state index in [4.69, 9.17) is 5.73 Å². The van der Waals surface area contributed by atoms with Crippen LogP contribution in [0.1, 0.15) is 41.1 Å². The quantitative estimate of drug-likeness (QED) is 0.520. The number of rotatable bonds is 4. The number of fused-ring (bicyclic) bond motifs is 3. The third-order valence-electron chi connectivity index (χ3n) is 6.31. The molecule has 6 rings (SSSR count). The average Bonchev–Trinajstić information content (AvgIpc) is 3.57. The predicted molar refractivity (Wildman–Crippen MR) is 121 cm³/mol. The van der Waals surface area contributed by atoms with Crippen molar-refractivity contribution < 1.29 is 0 Å². The van der Waals surface area contributed by atoms with Gasteiger partial charge in [-0.05, 0) is 43.4 Å². The van der Waals surface area contributed by atoms with Crippen LogP contribution in [-0.2, 0) is 19.4 Å². The van der Waals surface area contributed by atoms with E-state index in [2.05, 4.69) is 26.3 Å². The smallest absolute Gasteiger partial charge is 0.255 e. The molecular weight excluding hydrogens is 416 g/mol. The van der Waals surface area contributed by atoms with E-state index in [0.29, 0.717) is 47.9 Å². The van der Waals surface area contributed by atoms with Gasteiger partial charge in [0.1, 0.15) is 11.4 Å². The summed E-state index contributed by atoms with van der Waals surface area (Å²) >= 11 is 0. The first kappa shape index (κ1) is 19.4. The number of nitriles is 1. The van der Waals surface area contributed by atoms with E-state index < -0.39 is 0 Å². The van der Waals surface area contributed by atoms with Gasteiger partial charge < -0.3 is 10.3 Å². The molecule has 4 aromatic rings.